The lowest BCUT2D eigenvalue weighted by Crippen LogP contribution is -2.24. The minimum absolute atomic E-state index is 0.300. The molecule has 3 nitrogen and oxygen atoms in total. The highest BCUT2D eigenvalue weighted by molar-refractivity contribution is 5.74. The molecule has 0 aliphatic heterocycles. The Morgan fingerprint density at radius 2 is 1.59 bits per heavy atom. The monoisotopic (exact) mass is 291 g/mol. The van der Waals surface area contributed by atoms with E-state index >= 15 is 0 Å². The fourth-order valence-electron chi connectivity index (χ4n) is 3.81. The Morgan fingerprint density at radius 1 is 0.864 bits per heavy atom. The molecule has 0 radical (unpaired) electrons. The van der Waals surface area contributed by atoms with E-state index in [4.69, 9.17) is 0 Å². The lowest BCUT2D eigenvalue weighted by atomic mass is 9.81. The van der Waals surface area contributed by atoms with Gasteiger partial charge in [0, 0.05) is 0 Å². The predicted molar refractivity (Wildman–Crippen MR) is 88.7 cm³/mol. The molecule has 0 amide bonds. The molecular weight excluding hydrogens is 270 g/mol. The van der Waals surface area contributed by atoms with Crippen molar-refractivity contribution in [1.82, 2.24) is 15.0 Å². The average molecular weight is 291 g/mol. The number of rotatable bonds is 3. The third kappa shape index (κ3) is 2.41. The molecule has 4 rings (SSSR count). The molecule has 1 aliphatic carbocycles. The molecule has 2 aromatic carbocycles. The van der Waals surface area contributed by atoms with Crippen molar-refractivity contribution in [2.75, 3.05) is 0 Å². The van der Waals surface area contributed by atoms with Gasteiger partial charge < -0.3 is 0 Å². The Hall–Kier alpha value is -2.16. The molecule has 1 fully saturated rings. The van der Waals surface area contributed by atoms with E-state index in [2.05, 4.69) is 57.5 Å². The maximum absolute atomic E-state index is 4.51. The van der Waals surface area contributed by atoms with Gasteiger partial charge in [-0.15, -0.1) is 5.10 Å². The summed E-state index contributed by atoms with van der Waals surface area (Å²) in [6.07, 6.45) is 6.61. The second kappa shape index (κ2) is 5.91. The number of fused-ring (bicyclic) bond motifs is 1. The molecule has 1 saturated carbocycles. The molecular formula is C19H21N3. The second-order valence-electron chi connectivity index (χ2n) is 6.28. The van der Waals surface area contributed by atoms with E-state index in [0.717, 1.165) is 11.0 Å². The smallest absolute Gasteiger partial charge is 0.113 e. The van der Waals surface area contributed by atoms with Crippen LogP contribution in [0.4, 0.5) is 0 Å². The Balaban J connectivity index is 1.83. The average Bonchev–Trinajstić information content (AvgIpc) is 3.01. The lowest BCUT2D eigenvalue weighted by Gasteiger charge is -2.31. The number of nitrogens with zero attached hydrogens (tertiary/aromatic N) is 3. The summed E-state index contributed by atoms with van der Waals surface area (Å²) in [5, 5.41) is 8.89. The van der Waals surface area contributed by atoms with Crippen LogP contribution in [0.1, 0.15) is 43.7 Å². The largest absolute Gasteiger partial charge is 0.237 e. The van der Waals surface area contributed by atoms with Crippen LogP contribution in [-0.4, -0.2) is 15.0 Å². The summed E-state index contributed by atoms with van der Waals surface area (Å²) in [7, 11) is 0. The van der Waals surface area contributed by atoms with Crippen LogP contribution in [0, 0.1) is 5.92 Å². The number of benzene rings is 2. The molecule has 1 aromatic heterocycles. The molecule has 0 N–H and O–H groups in total. The lowest BCUT2D eigenvalue weighted by molar-refractivity contribution is 0.268. The Kier molecular flexibility index (Phi) is 3.63. The van der Waals surface area contributed by atoms with E-state index in [0.29, 0.717) is 12.0 Å². The molecule has 3 aromatic rings. The van der Waals surface area contributed by atoms with Gasteiger partial charge in [0.1, 0.15) is 5.52 Å². The van der Waals surface area contributed by atoms with E-state index in [1.165, 1.54) is 37.7 Å². The van der Waals surface area contributed by atoms with Crippen molar-refractivity contribution >= 4 is 11.0 Å². The number of hydrogen-bond acceptors (Lipinski definition) is 2. The van der Waals surface area contributed by atoms with Crippen molar-refractivity contribution in [3.05, 3.63) is 60.2 Å². The normalized spacial score (nSPS) is 17.6. The first-order chi connectivity index (χ1) is 10.9. The van der Waals surface area contributed by atoms with E-state index in [9.17, 15) is 0 Å². The zero-order valence-electron chi connectivity index (χ0n) is 12.7. The minimum Gasteiger partial charge on any atom is -0.237 e. The van der Waals surface area contributed by atoms with Crippen LogP contribution < -0.4 is 0 Å². The van der Waals surface area contributed by atoms with Crippen molar-refractivity contribution in [3.8, 4) is 0 Å². The van der Waals surface area contributed by atoms with Crippen molar-refractivity contribution < 1.29 is 0 Å². The molecule has 0 spiro atoms. The second-order valence-corrected chi connectivity index (χ2v) is 6.28. The zero-order chi connectivity index (χ0) is 14.8. The maximum atomic E-state index is 4.51. The highest BCUT2D eigenvalue weighted by atomic mass is 15.4. The Labute approximate surface area is 131 Å². The fourth-order valence-corrected chi connectivity index (χ4v) is 3.81. The summed E-state index contributed by atoms with van der Waals surface area (Å²) >= 11 is 0. The quantitative estimate of drug-likeness (QED) is 0.706. The van der Waals surface area contributed by atoms with Gasteiger partial charge in [-0.25, -0.2) is 4.68 Å². The van der Waals surface area contributed by atoms with Gasteiger partial charge in [-0.05, 0) is 36.5 Å². The topological polar surface area (TPSA) is 30.7 Å². The zero-order valence-corrected chi connectivity index (χ0v) is 12.7. The molecule has 0 bridgehead atoms. The summed E-state index contributed by atoms with van der Waals surface area (Å²) in [6, 6.07) is 19.4. The molecule has 22 heavy (non-hydrogen) atoms. The van der Waals surface area contributed by atoms with Crippen LogP contribution >= 0.6 is 0 Å². The summed E-state index contributed by atoms with van der Waals surface area (Å²) in [6.45, 7) is 0. The highest BCUT2D eigenvalue weighted by Gasteiger charge is 2.28. The van der Waals surface area contributed by atoms with Crippen molar-refractivity contribution in [2.45, 2.75) is 38.1 Å². The fraction of sp³-hybridized carbons (Fsp3) is 0.368. The summed E-state index contributed by atoms with van der Waals surface area (Å²) < 4.78 is 2.15. The van der Waals surface area contributed by atoms with E-state index in [1.807, 2.05) is 12.1 Å². The molecule has 1 heterocycles. The standard InChI is InChI=1S/C19H21N3/c1-3-9-15(10-4-1)19(16-11-5-2-6-12-16)22-18-14-8-7-13-17(18)20-21-22/h1,3-4,7-10,13-14,16,19H,2,5-6,11-12H2. The van der Waals surface area contributed by atoms with E-state index in [1.54, 1.807) is 0 Å². The molecule has 112 valence electrons. The van der Waals surface area contributed by atoms with Crippen molar-refractivity contribution in [3.63, 3.8) is 0 Å². The van der Waals surface area contributed by atoms with Gasteiger partial charge in [-0.1, -0.05) is 66.9 Å². The molecule has 3 heteroatoms. The van der Waals surface area contributed by atoms with Crippen LogP contribution in [0.5, 0.6) is 0 Å². The van der Waals surface area contributed by atoms with Gasteiger partial charge in [-0.3, -0.25) is 0 Å². The first-order valence-corrected chi connectivity index (χ1v) is 8.28. The van der Waals surface area contributed by atoms with Crippen LogP contribution in [0.25, 0.3) is 11.0 Å². The van der Waals surface area contributed by atoms with Crippen molar-refractivity contribution in [2.24, 2.45) is 5.92 Å². The summed E-state index contributed by atoms with van der Waals surface area (Å²) in [5.74, 6) is 0.654. The number of hydrogen-bond donors (Lipinski definition) is 0. The number of aromatic nitrogens is 3. The molecule has 1 unspecified atom stereocenters. The highest BCUT2D eigenvalue weighted by Crippen LogP contribution is 2.37. The van der Waals surface area contributed by atoms with Crippen LogP contribution in [0.2, 0.25) is 0 Å². The van der Waals surface area contributed by atoms with Crippen LogP contribution in [-0.2, 0) is 0 Å². The van der Waals surface area contributed by atoms with Gasteiger partial charge in [-0.2, -0.15) is 0 Å². The van der Waals surface area contributed by atoms with Gasteiger partial charge >= 0.3 is 0 Å². The third-order valence-electron chi connectivity index (χ3n) is 4.88. The van der Waals surface area contributed by atoms with Gasteiger partial charge in [0.25, 0.3) is 0 Å². The molecule has 1 atom stereocenters. The SMILES string of the molecule is c1ccc(C(C2CCCCC2)n2nnc3ccccc32)cc1. The maximum Gasteiger partial charge on any atom is 0.113 e. The first kappa shape index (κ1) is 13.5. The van der Waals surface area contributed by atoms with Crippen LogP contribution in [0.15, 0.2) is 54.6 Å². The van der Waals surface area contributed by atoms with Gasteiger partial charge in [0.05, 0.1) is 11.6 Å². The number of para-hydroxylation sites is 1. The predicted octanol–water partition coefficient (Wildman–Crippen LogP) is 4.60. The van der Waals surface area contributed by atoms with E-state index < -0.39 is 0 Å². The van der Waals surface area contributed by atoms with Gasteiger partial charge in [0.2, 0.25) is 0 Å². The summed E-state index contributed by atoms with van der Waals surface area (Å²) in [4.78, 5) is 0. The van der Waals surface area contributed by atoms with Crippen molar-refractivity contribution in [1.29, 1.82) is 0 Å². The van der Waals surface area contributed by atoms with E-state index in [-0.39, 0.29) is 0 Å². The Bertz CT molecular complexity index is 741. The molecule has 1 aliphatic rings. The third-order valence-corrected chi connectivity index (χ3v) is 4.88. The molecule has 0 saturated heterocycles. The van der Waals surface area contributed by atoms with Gasteiger partial charge in [0.15, 0.2) is 0 Å². The Morgan fingerprint density at radius 3 is 2.41 bits per heavy atom. The summed E-state index contributed by atoms with van der Waals surface area (Å²) in [5.41, 5.74) is 3.48. The van der Waals surface area contributed by atoms with Crippen LogP contribution in [0.3, 0.4) is 0 Å². The first-order valence-electron chi connectivity index (χ1n) is 8.28. The minimum atomic E-state index is 0.300.